The molecule has 2 bridgehead atoms. The van der Waals surface area contributed by atoms with Gasteiger partial charge in [0.05, 0.1) is 22.0 Å². The van der Waals surface area contributed by atoms with Crippen LogP contribution in [0.25, 0.3) is 0 Å². The Balaban J connectivity index is 0.00000357. The van der Waals surface area contributed by atoms with E-state index in [1.807, 2.05) is 39.8 Å². The highest BCUT2D eigenvalue weighted by Gasteiger charge is 2.44. The van der Waals surface area contributed by atoms with Gasteiger partial charge in [-0.25, -0.2) is 8.42 Å². The molecule has 5 nitrogen and oxygen atoms in total. The number of hydrogen-bond acceptors (Lipinski definition) is 5. The van der Waals surface area contributed by atoms with Crippen LogP contribution < -0.4 is 14.2 Å². The molecule has 6 heteroatoms. The van der Waals surface area contributed by atoms with E-state index in [1.54, 1.807) is 48.5 Å². The largest absolute Gasteiger partial charge is 0.491 e. The van der Waals surface area contributed by atoms with Gasteiger partial charge in [0, 0.05) is 23.0 Å². The predicted octanol–water partition coefficient (Wildman–Crippen LogP) is 9.51. The van der Waals surface area contributed by atoms with Crippen molar-refractivity contribution in [3.8, 4) is 23.0 Å². The van der Waals surface area contributed by atoms with Gasteiger partial charge >= 0.3 is 0 Å². The molecule has 0 spiro atoms. The Morgan fingerprint density at radius 1 is 0.511 bits per heavy atom. The summed E-state index contributed by atoms with van der Waals surface area (Å²) in [5.74, 6) is 2.83. The summed E-state index contributed by atoms with van der Waals surface area (Å²) in [6, 6.07) is 34.4. The van der Waals surface area contributed by atoms with Crippen molar-refractivity contribution >= 4 is 9.84 Å². The van der Waals surface area contributed by atoms with E-state index < -0.39 is 9.84 Å². The molecule has 0 amide bonds. The van der Waals surface area contributed by atoms with Crippen molar-refractivity contribution in [1.82, 2.24) is 0 Å². The van der Waals surface area contributed by atoms with Crippen LogP contribution >= 0.6 is 0 Å². The quantitative estimate of drug-likeness (QED) is 0.170. The van der Waals surface area contributed by atoms with Crippen LogP contribution in [0.5, 0.6) is 23.0 Å². The standard InChI is InChI=1S/C38H34O5S.CH4/c1-23(2)41-25-13-17-27(18-14-25)44(39,40)28-19-15-26(16-20-28)43-34-22-21-33(42-24(3)4)37-35-29-9-5-7-11-31(29)36(38(34)37)32-12-8-6-10-30(32)35;/h5-24,35-36H,1-4H3;1H4. The van der Waals surface area contributed by atoms with Crippen LogP contribution in [0.4, 0.5) is 0 Å². The zero-order valence-electron chi connectivity index (χ0n) is 25.2. The molecular formula is C39H38O5S. The SMILES string of the molecule is C.CC(C)Oc1ccc(S(=O)(=O)c2ccc(Oc3ccc(OC(C)C)c4c3C3c5ccccc5C4c4ccccc43)cc2)cc1. The Morgan fingerprint density at radius 2 is 0.911 bits per heavy atom. The summed E-state index contributed by atoms with van der Waals surface area (Å²) >= 11 is 0. The molecule has 0 heterocycles. The molecule has 0 unspecified atom stereocenters. The second-order valence-corrected chi connectivity index (χ2v) is 13.8. The Morgan fingerprint density at radius 3 is 1.36 bits per heavy atom. The summed E-state index contributed by atoms with van der Waals surface area (Å²) in [6.07, 6.45) is 0.0273. The number of rotatable bonds is 8. The second kappa shape index (κ2) is 11.8. The minimum absolute atomic E-state index is 0. The van der Waals surface area contributed by atoms with Crippen LogP contribution in [-0.2, 0) is 9.84 Å². The van der Waals surface area contributed by atoms with Crippen molar-refractivity contribution in [2.24, 2.45) is 0 Å². The predicted molar refractivity (Wildman–Crippen MR) is 178 cm³/mol. The number of benzene rings is 5. The molecule has 5 aromatic carbocycles. The van der Waals surface area contributed by atoms with Crippen molar-refractivity contribution in [3.63, 3.8) is 0 Å². The first kappa shape index (κ1) is 30.5. The van der Waals surface area contributed by atoms with E-state index in [1.165, 1.54) is 22.3 Å². The molecule has 0 radical (unpaired) electrons. The van der Waals surface area contributed by atoms with Crippen molar-refractivity contribution in [2.45, 2.75) is 69.0 Å². The van der Waals surface area contributed by atoms with Gasteiger partial charge in [0.1, 0.15) is 23.0 Å². The molecule has 0 aliphatic heterocycles. The number of hydrogen-bond donors (Lipinski definition) is 0. The lowest BCUT2D eigenvalue weighted by atomic mass is 9.60. The molecule has 45 heavy (non-hydrogen) atoms. The van der Waals surface area contributed by atoms with Gasteiger partial charge < -0.3 is 14.2 Å². The topological polar surface area (TPSA) is 61.8 Å². The molecule has 3 aliphatic carbocycles. The van der Waals surface area contributed by atoms with E-state index >= 15 is 0 Å². The van der Waals surface area contributed by atoms with Crippen LogP contribution in [-0.4, -0.2) is 20.6 Å². The fourth-order valence-electron chi connectivity index (χ4n) is 6.59. The van der Waals surface area contributed by atoms with Crippen molar-refractivity contribution in [2.75, 3.05) is 0 Å². The molecule has 0 saturated carbocycles. The van der Waals surface area contributed by atoms with Gasteiger partial charge in [0.15, 0.2) is 0 Å². The Kier molecular flexibility index (Phi) is 7.96. The van der Waals surface area contributed by atoms with Gasteiger partial charge in [-0.2, -0.15) is 0 Å². The third-order valence-corrected chi connectivity index (χ3v) is 10.0. The average Bonchev–Trinajstić information content (AvgIpc) is 3.02. The third-order valence-electron chi connectivity index (χ3n) is 8.25. The first-order chi connectivity index (χ1) is 21.2. The van der Waals surface area contributed by atoms with Gasteiger partial charge in [-0.1, -0.05) is 56.0 Å². The lowest BCUT2D eigenvalue weighted by Gasteiger charge is -2.43. The summed E-state index contributed by atoms with van der Waals surface area (Å²) < 4.78 is 45.4. The lowest BCUT2D eigenvalue weighted by molar-refractivity contribution is 0.238. The zero-order valence-corrected chi connectivity index (χ0v) is 26.0. The summed E-state index contributed by atoms with van der Waals surface area (Å²) in [5.41, 5.74) is 7.40. The molecule has 5 aromatic rings. The molecular weight excluding hydrogens is 580 g/mol. The second-order valence-electron chi connectivity index (χ2n) is 11.9. The highest BCUT2D eigenvalue weighted by molar-refractivity contribution is 7.91. The fraction of sp³-hybridized carbons (Fsp3) is 0.231. The van der Waals surface area contributed by atoms with Gasteiger partial charge in [0.25, 0.3) is 0 Å². The lowest BCUT2D eigenvalue weighted by Crippen LogP contribution is -2.29. The third kappa shape index (κ3) is 5.27. The van der Waals surface area contributed by atoms with E-state index in [4.69, 9.17) is 14.2 Å². The highest BCUT2D eigenvalue weighted by Crippen LogP contribution is 2.60. The fourth-order valence-corrected chi connectivity index (χ4v) is 7.85. The molecule has 3 aliphatic rings. The minimum Gasteiger partial charge on any atom is -0.491 e. The summed E-state index contributed by atoms with van der Waals surface area (Å²) in [6.45, 7) is 7.95. The van der Waals surface area contributed by atoms with Crippen LogP contribution in [0.3, 0.4) is 0 Å². The first-order valence-corrected chi connectivity index (χ1v) is 16.5. The van der Waals surface area contributed by atoms with Crippen molar-refractivity contribution in [1.29, 1.82) is 0 Å². The summed E-state index contributed by atoms with van der Waals surface area (Å²) in [7, 11) is -3.71. The van der Waals surface area contributed by atoms with Gasteiger partial charge in [-0.3, -0.25) is 0 Å². The van der Waals surface area contributed by atoms with E-state index in [2.05, 4.69) is 48.5 Å². The van der Waals surface area contributed by atoms with E-state index in [0.29, 0.717) is 11.5 Å². The maximum Gasteiger partial charge on any atom is 0.206 e. The Labute approximate surface area is 266 Å². The van der Waals surface area contributed by atoms with Crippen LogP contribution in [0.1, 0.15) is 80.3 Å². The summed E-state index contributed by atoms with van der Waals surface area (Å²) in [4.78, 5) is 0.414. The molecule has 0 aromatic heterocycles. The monoisotopic (exact) mass is 618 g/mol. The van der Waals surface area contributed by atoms with Gasteiger partial charge in [-0.05, 0) is 111 Å². The molecule has 0 saturated heterocycles. The van der Waals surface area contributed by atoms with E-state index in [9.17, 15) is 8.42 Å². The van der Waals surface area contributed by atoms with E-state index in [0.717, 1.165) is 22.6 Å². The van der Waals surface area contributed by atoms with Crippen molar-refractivity contribution in [3.05, 3.63) is 143 Å². The smallest absolute Gasteiger partial charge is 0.206 e. The molecule has 0 N–H and O–H groups in total. The van der Waals surface area contributed by atoms with Gasteiger partial charge in [-0.15, -0.1) is 0 Å². The zero-order chi connectivity index (χ0) is 30.6. The first-order valence-electron chi connectivity index (χ1n) is 15.0. The minimum atomic E-state index is -3.71. The average molecular weight is 619 g/mol. The Hall–Kier alpha value is -4.55. The summed E-state index contributed by atoms with van der Waals surface area (Å²) in [5, 5.41) is 0. The highest BCUT2D eigenvalue weighted by atomic mass is 32.2. The van der Waals surface area contributed by atoms with E-state index in [-0.39, 0.29) is 41.3 Å². The number of sulfone groups is 1. The normalized spacial score (nSPS) is 16.0. The molecule has 0 fully saturated rings. The molecule has 230 valence electrons. The maximum atomic E-state index is 13.4. The van der Waals surface area contributed by atoms with Crippen molar-refractivity contribution < 1.29 is 22.6 Å². The Bertz CT molecular complexity index is 1910. The maximum absolute atomic E-state index is 13.4. The van der Waals surface area contributed by atoms with Crippen LogP contribution in [0.2, 0.25) is 0 Å². The number of ether oxygens (including phenoxy) is 3. The van der Waals surface area contributed by atoms with Crippen LogP contribution in [0, 0.1) is 0 Å². The van der Waals surface area contributed by atoms with Crippen LogP contribution in [0.15, 0.2) is 119 Å². The molecule has 8 rings (SSSR count). The molecule has 0 atom stereocenters. The van der Waals surface area contributed by atoms with Gasteiger partial charge in [0.2, 0.25) is 9.84 Å².